The molecule has 1 N–H and O–H groups in total. The Morgan fingerprint density at radius 3 is 2.48 bits per heavy atom. The van der Waals surface area contributed by atoms with Gasteiger partial charge in [0.25, 0.3) is 0 Å². The van der Waals surface area contributed by atoms with E-state index in [4.69, 9.17) is 32.7 Å². The molecule has 0 fully saturated rings. The van der Waals surface area contributed by atoms with Crippen LogP contribution in [0, 0.1) is 0 Å². The smallest absolute Gasteiger partial charge is 0.345 e. The number of carbonyl (C=O) groups excluding carboxylic acids is 2. The number of nitrogens with one attached hydrogen (secondary N) is 1. The standard InChI is InChI=1S/C23H18Cl2N2O4/c1-30-21-11-16(14-26-27-22(28)12-15-5-3-2-4-6-15)7-10-20(21)31-23(29)18-9-8-17(24)13-19(18)25/h2-11,13-14H,12H2,1H3,(H,27,28)/b26-14+. The summed E-state index contributed by atoms with van der Waals surface area (Å²) in [4.78, 5) is 24.4. The Morgan fingerprint density at radius 1 is 1.00 bits per heavy atom. The van der Waals surface area contributed by atoms with Gasteiger partial charge in [-0.25, -0.2) is 10.2 Å². The molecule has 0 saturated heterocycles. The molecule has 0 aliphatic rings. The maximum Gasteiger partial charge on any atom is 0.345 e. The van der Waals surface area contributed by atoms with Gasteiger partial charge in [0, 0.05) is 5.02 Å². The van der Waals surface area contributed by atoms with Gasteiger partial charge in [-0.1, -0.05) is 53.5 Å². The van der Waals surface area contributed by atoms with E-state index in [0.717, 1.165) is 5.56 Å². The van der Waals surface area contributed by atoms with E-state index in [0.29, 0.717) is 16.3 Å². The van der Waals surface area contributed by atoms with Crippen LogP contribution in [0.25, 0.3) is 0 Å². The van der Waals surface area contributed by atoms with Crippen molar-refractivity contribution in [2.45, 2.75) is 6.42 Å². The van der Waals surface area contributed by atoms with Crippen LogP contribution >= 0.6 is 23.2 Å². The highest BCUT2D eigenvalue weighted by Gasteiger charge is 2.16. The third-order valence-electron chi connectivity index (χ3n) is 4.15. The van der Waals surface area contributed by atoms with Crippen molar-refractivity contribution in [2.75, 3.05) is 7.11 Å². The third-order valence-corrected chi connectivity index (χ3v) is 4.70. The van der Waals surface area contributed by atoms with Crippen LogP contribution in [0.15, 0.2) is 71.8 Å². The fraction of sp³-hybridized carbons (Fsp3) is 0.0870. The minimum Gasteiger partial charge on any atom is -0.493 e. The van der Waals surface area contributed by atoms with Gasteiger partial charge in [-0.3, -0.25) is 4.79 Å². The quantitative estimate of drug-likeness (QED) is 0.237. The van der Waals surface area contributed by atoms with Gasteiger partial charge in [0.1, 0.15) is 0 Å². The summed E-state index contributed by atoms with van der Waals surface area (Å²) in [6.07, 6.45) is 1.69. The average molecular weight is 457 g/mol. The number of esters is 1. The van der Waals surface area contributed by atoms with Crippen LogP contribution < -0.4 is 14.9 Å². The molecular formula is C23H18Cl2N2O4. The van der Waals surface area contributed by atoms with E-state index < -0.39 is 5.97 Å². The molecule has 31 heavy (non-hydrogen) atoms. The molecule has 0 aromatic heterocycles. The monoisotopic (exact) mass is 456 g/mol. The highest BCUT2D eigenvalue weighted by molar-refractivity contribution is 6.36. The first kappa shape index (κ1) is 22.3. The Bertz CT molecular complexity index is 1120. The molecule has 0 heterocycles. The number of methoxy groups -OCH3 is 1. The van der Waals surface area contributed by atoms with Gasteiger partial charge in [0.05, 0.1) is 30.3 Å². The molecule has 3 rings (SSSR count). The number of hydrogen-bond acceptors (Lipinski definition) is 5. The van der Waals surface area contributed by atoms with Crippen LogP contribution in [0.2, 0.25) is 10.0 Å². The molecule has 0 unspecified atom stereocenters. The zero-order valence-electron chi connectivity index (χ0n) is 16.5. The average Bonchev–Trinajstić information content (AvgIpc) is 2.75. The molecule has 1 amide bonds. The summed E-state index contributed by atoms with van der Waals surface area (Å²) in [5, 5.41) is 4.56. The van der Waals surface area contributed by atoms with Gasteiger partial charge < -0.3 is 9.47 Å². The Balaban J connectivity index is 1.64. The van der Waals surface area contributed by atoms with Gasteiger partial charge >= 0.3 is 5.97 Å². The van der Waals surface area contributed by atoms with Crippen molar-refractivity contribution in [3.05, 3.63) is 93.5 Å². The lowest BCUT2D eigenvalue weighted by Gasteiger charge is -2.10. The summed E-state index contributed by atoms with van der Waals surface area (Å²) in [5.74, 6) is -0.351. The Kier molecular flexibility index (Phi) is 7.65. The fourth-order valence-corrected chi connectivity index (χ4v) is 3.14. The van der Waals surface area contributed by atoms with E-state index in [1.54, 1.807) is 24.3 Å². The summed E-state index contributed by atoms with van der Waals surface area (Å²) in [5.41, 5.74) is 4.19. The van der Waals surface area contributed by atoms with Crippen LogP contribution in [-0.4, -0.2) is 25.2 Å². The minimum atomic E-state index is -0.644. The van der Waals surface area contributed by atoms with Crippen molar-refractivity contribution < 1.29 is 19.1 Å². The number of amides is 1. The van der Waals surface area contributed by atoms with Gasteiger partial charge in [-0.2, -0.15) is 5.10 Å². The number of hydrogen-bond donors (Lipinski definition) is 1. The van der Waals surface area contributed by atoms with E-state index in [-0.39, 0.29) is 28.7 Å². The van der Waals surface area contributed by atoms with Gasteiger partial charge in [0.15, 0.2) is 11.5 Å². The molecule has 6 nitrogen and oxygen atoms in total. The lowest BCUT2D eigenvalue weighted by Crippen LogP contribution is -2.19. The van der Waals surface area contributed by atoms with Crippen molar-refractivity contribution in [3.63, 3.8) is 0 Å². The molecule has 0 aliphatic carbocycles. The molecule has 0 aliphatic heterocycles. The maximum absolute atomic E-state index is 12.4. The maximum atomic E-state index is 12.4. The predicted octanol–water partition coefficient (Wildman–Crippen LogP) is 4.91. The van der Waals surface area contributed by atoms with Gasteiger partial charge in [-0.05, 0) is 47.5 Å². The molecule has 3 aromatic rings. The van der Waals surface area contributed by atoms with Crippen LogP contribution in [0.4, 0.5) is 0 Å². The summed E-state index contributed by atoms with van der Waals surface area (Å²) in [6, 6.07) is 18.7. The molecule has 8 heteroatoms. The molecule has 0 bridgehead atoms. The summed E-state index contributed by atoms with van der Waals surface area (Å²) < 4.78 is 10.7. The van der Waals surface area contributed by atoms with Crippen molar-refractivity contribution in [3.8, 4) is 11.5 Å². The van der Waals surface area contributed by atoms with Crippen LogP contribution in [0.1, 0.15) is 21.5 Å². The molecule has 3 aromatic carbocycles. The number of carbonyl (C=O) groups is 2. The van der Waals surface area contributed by atoms with E-state index in [9.17, 15) is 9.59 Å². The molecular weight excluding hydrogens is 439 g/mol. The van der Waals surface area contributed by atoms with Crippen molar-refractivity contribution in [1.29, 1.82) is 0 Å². The Labute approximate surface area is 189 Å². The zero-order valence-corrected chi connectivity index (χ0v) is 18.0. The number of nitrogens with zero attached hydrogens (tertiary/aromatic N) is 1. The lowest BCUT2D eigenvalue weighted by molar-refractivity contribution is -0.120. The van der Waals surface area contributed by atoms with Crippen LogP contribution in [0.3, 0.4) is 0 Å². The minimum absolute atomic E-state index is 0.180. The predicted molar refractivity (Wildman–Crippen MR) is 120 cm³/mol. The van der Waals surface area contributed by atoms with Crippen molar-refractivity contribution in [1.82, 2.24) is 5.43 Å². The first-order valence-corrected chi connectivity index (χ1v) is 9.93. The second kappa shape index (κ2) is 10.6. The van der Waals surface area contributed by atoms with E-state index >= 15 is 0 Å². The second-order valence-electron chi connectivity index (χ2n) is 6.38. The highest BCUT2D eigenvalue weighted by atomic mass is 35.5. The van der Waals surface area contributed by atoms with E-state index in [2.05, 4.69) is 10.5 Å². The normalized spacial score (nSPS) is 10.7. The van der Waals surface area contributed by atoms with Crippen molar-refractivity contribution in [2.24, 2.45) is 5.10 Å². The topological polar surface area (TPSA) is 77.0 Å². The summed E-state index contributed by atoms with van der Waals surface area (Å²) >= 11 is 11.9. The third kappa shape index (κ3) is 6.31. The van der Waals surface area contributed by atoms with E-state index in [1.807, 2.05) is 30.3 Å². The number of hydrazone groups is 1. The number of ether oxygens (including phenoxy) is 2. The Hall–Kier alpha value is -3.35. The summed E-state index contributed by atoms with van der Waals surface area (Å²) in [7, 11) is 1.45. The molecule has 0 radical (unpaired) electrons. The number of rotatable bonds is 7. The first-order chi connectivity index (χ1) is 15.0. The molecule has 158 valence electrons. The number of benzene rings is 3. The van der Waals surface area contributed by atoms with Crippen LogP contribution in [0.5, 0.6) is 11.5 Å². The lowest BCUT2D eigenvalue weighted by atomic mass is 10.1. The molecule has 0 atom stereocenters. The van der Waals surface area contributed by atoms with Gasteiger partial charge in [0.2, 0.25) is 5.91 Å². The largest absolute Gasteiger partial charge is 0.493 e. The fourth-order valence-electron chi connectivity index (χ4n) is 2.66. The van der Waals surface area contributed by atoms with E-state index in [1.165, 1.54) is 25.5 Å². The van der Waals surface area contributed by atoms with Crippen LogP contribution in [-0.2, 0) is 11.2 Å². The SMILES string of the molecule is COc1cc(/C=N/NC(=O)Cc2ccccc2)ccc1OC(=O)c1ccc(Cl)cc1Cl. The second-order valence-corrected chi connectivity index (χ2v) is 7.22. The summed E-state index contributed by atoms with van der Waals surface area (Å²) in [6.45, 7) is 0. The van der Waals surface area contributed by atoms with Gasteiger partial charge in [-0.15, -0.1) is 0 Å². The highest BCUT2D eigenvalue weighted by Crippen LogP contribution is 2.29. The molecule has 0 saturated carbocycles. The zero-order chi connectivity index (χ0) is 22.2. The molecule has 0 spiro atoms. The Morgan fingerprint density at radius 2 is 1.77 bits per heavy atom. The number of halogens is 2. The van der Waals surface area contributed by atoms with Crippen molar-refractivity contribution >= 4 is 41.3 Å². The first-order valence-electron chi connectivity index (χ1n) is 9.17.